The van der Waals surface area contributed by atoms with Crippen molar-refractivity contribution in [2.75, 3.05) is 6.61 Å². The van der Waals surface area contributed by atoms with Crippen LogP contribution in [0.15, 0.2) is 23.0 Å². The minimum atomic E-state index is -1.46. The Morgan fingerprint density at radius 1 is 1.25 bits per heavy atom. The van der Waals surface area contributed by atoms with E-state index in [1.807, 2.05) is 6.92 Å². The molecule has 2 saturated heterocycles. The average Bonchev–Trinajstić information content (AvgIpc) is 3.05. The van der Waals surface area contributed by atoms with Gasteiger partial charge >= 0.3 is 0 Å². The Kier molecular flexibility index (Phi) is 3.52. The fraction of sp³-hybridized carbons (Fsp3) is 0.800. The van der Waals surface area contributed by atoms with Gasteiger partial charge in [0.2, 0.25) is 5.79 Å². The number of aliphatic hydroxyl groups is 2. The third-order valence-electron chi connectivity index (χ3n) is 7.37. The SMILES string of the molecule is CC1=CCC[C@]2(C)O[C@H]2C2(O)OC[C@@H]3C2=C(O)C[C@H](C)[C@@]3(C)CC1. The molecule has 0 amide bonds. The first-order valence-electron chi connectivity index (χ1n) is 9.33. The second kappa shape index (κ2) is 5.09. The van der Waals surface area contributed by atoms with E-state index in [-0.39, 0.29) is 23.0 Å². The highest BCUT2D eigenvalue weighted by molar-refractivity contribution is 5.35. The number of hydrogen-bond acceptors (Lipinski definition) is 4. The summed E-state index contributed by atoms with van der Waals surface area (Å²) in [5.41, 5.74) is 1.79. The van der Waals surface area contributed by atoms with E-state index in [1.165, 1.54) is 5.57 Å². The summed E-state index contributed by atoms with van der Waals surface area (Å²) in [6, 6.07) is 0. The predicted molar refractivity (Wildman–Crippen MR) is 91.4 cm³/mol. The molecule has 2 aliphatic carbocycles. The maximum Gasteiger partial charge on any atom is 0.222 e. The maximum absolute atomic E-state index is 11.3. The van der Waals surface area contributed by atoms with Crippen molar-refractivity contribution < 1.29 is 19.7 Å². The van der Waals surface area contributed by atoms with Crippen molar-refractivity contribution in [3.8, 4) is 0 Å². The molecule has 2 fully saturated rings. The van der Waals surface area contributed by atoms with E-state index in [2.05, 4.69) is 26.8 Å². The van der Waals surface area contributed by atoms with Crippen LogP contribution in [0.25, 0.3) is 0 Å². The van der Waals surface area contributed by atoms with E-state index in [0.717, 1.165) is 25.7 Å². The number of epoxide rings is 1. The van der Waals surface area contributed by atoms with Gasteiger partial charge in [0.05, 0.1) is 18.0 Å². The second-order valence-corrected chi connectivity index (χ2v) is 8.93. The first kappa shape index (κ1) is 16.6. The number of hydrogen-bond donors (Lipinski definition) is 2. The fourth-order valence-corrected chi connectivity index (χ4v) is 5.26. The second-order valence-electron chi connectivity index (χ2n) is 8.93. The van der Waals surface area contributed by atoms with Crippen molar-refractivity contribution in [2.45, 2.75) is 77.3 Å². The van der Waals surface area contributed by atoms with E-state index < -0.39 is 5.79 Å². The normalized spacial score (nSPS) is 51.4. The van der Waals surface area contributed by atoms with Gasteiger partial charge in [-0.25, -0.2) is 0 Å². The van der Waals surface area contributed by atoms with Gasteiger partial charge in [-0.05, 0) is 50.9 Å². The Labute approximate surface area is 144 Å². The van der Waals surface area contributed by atoms with Crippen LogP contribution >= 0.6 is 0 Å². The molecule has 0 saturated carbocycles. The van der Waals surface area contributed by atoms with Gasteiger partial charge in [-0.2, -0.15) is 0 Å². The molecule has 4 rings (SSSR count). The highest BCUT2D eigenvalue weighted by atomic mass is 16.7. The summed E-state index contributed by atoms with van der Waals surface area (Å²) >= 11 is 0. The van der Waals surface area contributed by atoms with Crippen LogP contribution in [0.5, 0.6) is 0 Å². The third-order valence-corrected chi connectivity index (χ3v) is 7.37. The molecule has 134 valence electrons. The maximum atomic E-state index is 11.3. The quantitative estimate of drug-likeness (QED) is 0.522. The standard InChI is InChI=1S/C20H30O4/c1-12-6-5-8-19(4)17(24-19)20(22)16-14(11-23-20)18(3,9-7-12)13(2)10-15(16)21/h6,13-14,17,21-22H,5,7-11H2,1-4H3/t13-,14+,17+,18+,19-,20?/m0/s1. The van der Waals surface area contributed by atoms with E-state index in [0.29, 0.717) is 30.3 Å². The summed E-state index contributed by atoms with van der Waals surface area (Å²) in [5, 5.41) is 22.0. The molecular formula is C20H30O4. The number of rotatable bonds is 0. The molecule has 2 N–H and O–H groups in total. The van der Waals surface area contributed by atoms with E-state index in [9.17, 15) is 10.2 Å². The summed E-state index contributed by atoms with van der Waals surface area (Å²) in [7, 11) is 0. The molecule has 4 heteroatoms. The Hall–Kier alpha value is -0.840. The lowest BCUT2D eigenvalue weighted by Crippen LogP contribution is -2.46. The molecule has 4 nitrogen and oxygen atoms in total. The van der Waals surface area contributed by atoms with Crippen molar-refractivity contribution in [2.24, 2.45) is 17.3 Å². The molecule has 6 atom stereocenters. The van der Waals surface area contributed by atoms with Crippen LogP contribution in [0.4, 0.5) is 0 Å². The largest absolute Gasteiger partial charge is 0.512 e. The summed E-state index contributed by atoms with van der Waals surface area (Å²) in [5.74, 6) is -0.707. The van der Waals surface area contributed by atoms with Crippen molar-refractivity contribution in [3.05, 3.63) is 23.0 Å². The predicted octanol–water partition coefficient (Wildman–Crippen LogP) is 3.86. The zero-order chi connectivity index (χ0) is 17.3. The summed E-state index contributed by atoms with van der Waals surface area (Å²) in [6.07, 6.45) is 6.50. The van der Waals surface area contributed by atoms with E-state index >= 15 is 0 Å². The molecule has 0 radical (unpaired) electrons. The van der Waals surface area contributed by atoms with Crippen LogP contribution in [0.2, 0.25) is 0 Å². The minimum absolute atomic E-state index is 0.0195. The molecule has 0 aromatic heterocycles. The van der Waals surface area contributed by atoms with Crippen LogP contribution in [-0.4, -0.2) is 34.3 Å². The molecule has 2 aliphatic heterocycles. The molecular weight excluding hydrogens is 304 g/mol. The summed E-state index contributed by atoms with van der Waals surface area (Å²) < 4.78 is 11.9. The Balaban J connectivity index is 1.81. The minimum Gasteiger partial charge on any atom is -0.512 e. The third kappa shape index (κ3) is 2.16. The molecule has 4 aliphatic rings. The van der Waals surface area contributed by atoms with Crippen LogP contribution in [0.1, 0.15) is 59.8 Å². The number of aliphatic hydroxyl groups excluding tert-OH is 1. The van der Waals surface area contributed by atoms with Crippen LogP contribution in [0, 0.1) is 17.3 Å². The Morgan fingerprint density at radius 2 is 2.00 bits per heavy atom. The molecule has 0 aromatic rings. The van der Waals surface area contributed by atoms with Gasteiger partial charge in [0.1, 0.15) is 6.10 Å². The van der Waals surface area contributed by atoms with Gasteiger partial charge in [0.25, 0.3) is 0 Å². The highest BCUT2D eigenvalue weighted by Gasteiger charge is 2.70. The zero-order valence-corrected chi connectivity index (χ0v) is 15.3. The number of fused-ring (bicyclic) bond motifs is 2. The van der Waals surface area contributed by atoms with Gasteiger partial charge in [0, 0.05) is 17.9 Å². The number of ether oxygens (including phenoxy) is 2. The van der Waals surface area contributed by atoms with E-state index in [1.54, 1.807) is 0 Å². The van der Waals surface area contributed by atoms with Crippen molar-refractivity contribution in [1.82, 2.24) is 0 Å². The van der Waals surface area contributed by atoms with Gasteiger partial charge in [0.15, 0.2) is 0 Å². The first-order chi connectivity index (χ1) is 11.2. The lowest BCUT2D eigenvalue weighted by Gasteiger charge is -2.45. The smallest absolute Gasteiger partial charge is 0.222 e. The van der Waals surface area contributed by atoms with Crippen molar-refractivity contribution >= 4 is 0 Å². The lowest BCUT2D eigenvalue weighted by atomic mass is 9.58. The Morgan fingerprint density at radius 3 is 2.75 bits per heavy atom. The van der Waals surface area contributed by atoms with Crippen molar-refractivity contribution in [3.63, 3.8) is 0 Å². The molecule has 0 aromatic carbocycles. The van der Waals surface area contributed by atoms with E-state index in [4.69, 9.17) is 9.47 Å². The molecule has 1 unspecified atom stereocenters. The number of allylic oxidation sites excluding steroid dienone is 3. The first-order valence-corrected chi connectivity index (χ1v) is 9.33. The summed E-state index contributed by atoms with van der Waals surface area (Å²) in [4.78, 5) is 0. The molecule has 24 heavy (non-hydrogen) atoms. The van der Waals surface area contributed by atoms with Crippen molar-refractivity contribution in [1.29, 1.82) is 0 Å². The van der Waals surface area contributed by atoms with Crippen LogP contribution < -0.4 is 0 Å². The summed E-state index contributed by atoms with van der Waals surface area (Å²) in [6.45, 7) is 9.24. The zero-order valence-electron chi connectivity index (χ0n) is 15.3. The van der Waals surface area contributed by atoms with Crippen LogP contribution in [-0.2, 0) is 9.47 Å². The van der Waals surface area contributed by atoms with Gasteiger partial charge in [-0.1, -0.05) is 25.5 Å². The monoisotopic (exact) mass is 334 g/mol. The fourth-order valence-electron chi connectivity index (χ4n) is 5.26. The van der Waals surface area contributed by atoms with Gasteiger partial charge in [-0.3, -0.25) is 0 Å². The highest BCUT2D eigenvalue weighted by Crippen LogP contribution is 2.61. The Bertz CT molecular complexity index is 623. The van der Waals surface area contributed by atoms with Gasteiger partial charge in [-0.15, -0.1) is 0 Å². The van der Waals surface area contributed by atoms with Gasteiger partial charge < -0.3 is 19.7 Å². The molecule has 4 bridgehead atoms. The van der Waals surface area contributed by atoms with Crippen LogP contribution in [0.3, 0.4) is 0 Å². The average molecular weight is 334 g/mol. The molecule has 0 spiro atoms. The topological polar surface area (TPSA) is 62.2 Å². The lowest BCUT2D eigenvalue weighted by molar-refractivity contribution is -0.163. The molecule has 2 heterocycles.